The second-order valence-corrected chi connectivity index (χ2v) is 2.05. The van der Waals surface area contributed by atoms with Crippen molar-refractivity contribution in [1.29, 1.82) is 0 Å². The Morgan fingerprint density at radius 1 is 1.78 bits per heavy atom. The summed E-state index contributed by atoms with van der Waals surface area (Å²) in [4.78, 5) is 0. The summed E-state index contributed by atoms with van der Waals surface area (Å²) in [5, 5.41) is 9.13. The quantitative estimate of drug-likeness (QED) is 0.549. The van der Waals surface area contributed by atoms with E-state index < -0.39 is 6.10 Å². The fourth-order valence-corrected chi connectivity index (χ4v) is 0.835. The van der Waals surface area contributed by atoms with Gasteiger partial charge in [-0.05, 0) is 12.0 Å². The smallest absolute Gasteiger partial charge is 0.0935 e. The van der Waals surface area contributed by atoms with Crippen molar-refractivity contribution in [3.63, 3.8) is 0 Å². The van der Waals surface area contributed by atoms with Crippen LogP contribution in [0.15, 0.2) is 36.5 Å². The SMILES string of the molecule is C=CC(O)C1=CC=CC1. The van der Waals surface area contributed by atoms with Crippen LogP contribution in [0.1, 0.15) is 6.42 Å². The molecule has 48 valence electrons. The van der Waals surface area contributed by atoms with Gasteiger partial charge in [-0.15, -0.1) is 6.58 Å². The minimum Gasteiger partial charge on any atom is -0.385 e. The third-order valence-electron chi connectivity index (χ3n) is 1.40. The molecule has 0 spiro atoms. The van der Waals surface area contributed by atoms with E-state index >= 15 is 0 Å². The molecule has 1 aliphatic carbocycles. The second kappa shape index (κ2) is 2.65. The van der Waals surface area contributed by atoms with Gasteiger partial charge in [-0.25, -0.2) is 0 Å². The molecule has 0 fully saturated rings. The van der Waals surface area contributed by atoms with Crippen molar-refractivity contribution in [2.45, 2.75) is 12.5 Å². The van der Waals surface area contributed by atoms with Crippen molar-refractivity contribution in [3.05, 3.63) is 36.5 Å². The Morgan fingerprint density at radius 3 is 3.00 bits per heavy atom. The van der Waals surface area contributed by atoms with Gasteiger partial charge < -0.3 is 5.11 Å². The summed E-state index contributed by atoms with van der Waals surface area (Å²) in [6.45, 7) is 3.49. The summed E-state index contributed by atoms with van der Waals surface area (Å²) < 4.78 is 0. The Morgan fingerprint density at radius 2 is 2.56 bits per heavy atom. The molecular weight excluding hydrogens is 112 g/mol. The monoisotopic (exact) mass is 122 g/mol. The van der Waals surface area contributed by atoms with Gasteiger partial charge in [-0.1, -0.05) is 24.3 Å². The molecular formula is C8H10O. The predicted octanol–water partition coefficient (Wildman–Crippen LogP) is 1.42. The van der Waals surface area contributed by atoms with Crippen LogP contribution in [0.5, 0.6) is 0 Å². The van der Waals surface area contributed by atoms with Crippen LogP contribution in [0.25, 0.3) is 0 Å². The first kappa shape index (κ1) is 6.30. The zero-order valence-electron chi connectivity index (χ0n) is 5.25. The van der Waals surface area contributed by atoms with E-state index in [9.17, 15) is 0 Å². The minimum absolute atomic E-state index is 0.444. The first-order chi connectivity index (χ1) is 4.34. The molecule has 0 bridgehead atoms. The normalized spacial score (nSPS) is 19.4. The number of allylic oxidation sites excluding steroid dienone is 3. The van der Waals surface area contributed by atoms with E-state index in [1.54, 1.807) is 6.08 Å². The molecule has 1 N–H and O–H groups in total. The molecule has 9 heavy (non-hydrogen) atoms. The largest absolute Gasteiger partial charge is 0.385 e. The van der Waals surface area contributed by atoms with Gasteiger partial charge >= 0.3 is 0 Å². The van der Waals surface area contributed by atoms with E-state index in [0.717, 1.165) is 12.0 Å². The molecule has 0 radical (unpaired) electrons. The molecule has 0 heterocycles. The lowest BCUT2D eigenvalue weighted by Crippen LogP contribution is -2.03. The van der Waals surface area contributed by atoms with Gasteiger partial charge in [0.1, 0.15) is 0 Å². The molecule has 1 aliphatic rings. The summed E-state index contributed by atoms with van der Waals surface area (Å²) in [5.74, 6) is 0. The first-order valence-electron chi connectivity index (χ1n) is 3.01. The molecule has 1 atom stereocenters. The summed E-state index contributed by atoms with van der Waals surface area (Å²) in [7, 11) is 0. The number of aliphatic hydroxyl groups excluding tert-OH is 1. The van der Waals surface area contributed by atoms with Crippen LogP contribution in [0.2, 0.25) is 0 Å². The third kappa shape index (κ3) is 1.30. The molecule has 0 aromatic heterocycles. The average molecular weight is 122 g/mol. The van der Waals surface area contributed by atoms with E-state index in [0.29, 0.717) is 0 Å². The lowest BCUT2D eigenvalue weighted by molar-refractivity contribution is 0.258. The molecule has 0 saturated carbocycles. The molecule has 0 saturated heterocycles. The molecule has 0 amide bonds. The highest BCUT2D eigenvalue weighted by molar-refractivity contribution is 5.28. The lowest BCUT2D eigenvalue weighted by Gasteiger charge is -2.03. The van der Waals surface area contributed by atoms with E-state index in [1.807, 2.05) is 18.2 Å². The molecule has 0 aromatic rings. The maximum Gasteiger partial charge on any atom is 0.0935 e. The van der Waals surface area contributed by atoms with E-state index in [2.05, 4.69) is 6.58 Å². The topological polar surface area (TPSA) is 20.2 Å². The van der Waals surface area contributed by atoms with Crippen molar-refractivity contribution < 1.29 is 5.11 Å². The highest BCUT2D eigenvalue weighted by atomic mass is 16.3. The molecule has 1 heteroatoms. The zero-order chi connectivity index (χ0) is 6.69. The summed E-state index contributed by atoms with van der Waals surface area (Å²) >= 11 is 0. The number of hydrogen-bond donors (Lipinski definition) is 1. The van der Waals surface area contributed by atoms with Crippen molar-refractivity contribution in [2.24, 2.45) is 0 Å². The standard InChI is InChI=1S/C8H10O/c1-2-8(9)7-5-3-4-6-7/h2-5,8-9H,1,6H2. The Balaban J connectivity index is 2.54. The van der Waals surface area contributed by atoms with Crippen LogP contribution in [0.4, 0.5) is 0 Å². The summed E-state index contributed by atoms with van der Waals surface area (Å²) in [6, 6.07) is 0. The van der Waals surface area contributed by atoms with Gasteiger partial charge in [0.2, 0.25) is 0 Å². The summed E-state index contributed by atoms with van der Waals surface area (Å²) in [5.41, 5.74) is 1.03. The van der Waals surface area contributed by atoms with Crippen LogP contribution in [-0.2, 0) is 0 Å². The molecule has 0 aliphatic heterocycles. The number of rotatable bonds is 2. The van der Waals surface area contributed by atoms with Gasteiger partial charge in [0.25, 0.3) is 0 Å². The fourth-order valence-electron chi connectivity index (χ4n) is 0.835. The van der Waals surface area contributed by atoms with Crippen LogP contribution in [0, 0.1) is 0 Å². The minimum atomic E-state index is -0.444. The fraction of sp³-hybridized carbons (Fsp3) is 0.250. The number of aliphatic hydroxyl groups is 1. The maximum absolute atomic E-state index is 9.13. The van der Waals surface area contributed by atoms with Gasteiger partial charge in [-0.2, -0.15) is 0 Å². The van der Waals surface area contributed by atoms with Crippen molar-refractivity contribution >= 4 is 0 Å². The number of hydrogen-bond acceptors (Lipinski definition) is 1. The highest BCUT2D eigenvalue weighted by Gasteiger charge is 2.05. The Hall–Kier alpha value is -0.820. The van der Waals surface area contributed by atoms with Gasteiger partial charge in [0.05, 0.1) is 6.10 Å². The van der Waals surface area contributed by atoms with Gasteiger partial charge in [-0.3, -0.25) is 0 Å². The maximum atomic E-state index is 9.13. The van der Waals surface area contributed by atoms with E-state index in [4.69, 9.17) is 5.11 Å². The van der Waals surface area contributed by atoms with Crippen molar-refractivity contribution in [1.82, 2.24) is 0 Å². The molecule has 0 aromatic carbocycles. The molecule has 1 rings (SSSR count). The third-order valence-corrected chi connectivity index (χ3v) is 1.40. The van der Waals surface area contributed by atoms with Gasteiger partial charge in [0.15, 0.2) is 0 Å². The van der Waals surface area contributed by atoms with Crippen molar-refractivity contribution in [3.8, 4) is 0 Å². The zero-order valence-corrected chi connectivity index (χ0v) is 5.25. The molecule has 1 unspecified atom stereocenters. The van der Waals surface area contributed by atoms with E-state index in [-0.39, 0.29) is 0 Å². The van der Waals surface area contributed by atoms with E-state index in [1.165, 1.54) is 0 Å². The van der Waals surface area contributed by atoms with Gasteiger partial charge in [0, 0.05) is 0 Å². The van der Waals surface area contributed by atoms with Crippen LogP contribution >= 0.6 is 0 Å². The summed E-state index contributed by atoms with van der Waals surface area (Å²) in [6.07, 6.45) is 7.85. The van der Waals surface area contributed by atoms with Crippen LogP contribution in [0.3, 0.4) is 0 Å². The van der Waals surface area contributed by atoms with Crippen LogP contribution in [-0.4, -0.2) is 11.2 Å². The lowest BCUT2D eigenvalue weighted by atomic mass is 10.1. The first-order valence-corrected chi connectivity index (χ1v) is 3.01. The second-order valence-electron chi connectivity index (χ2n) is 2.05. The van der Waals surface area contributed by atoms with Crippen molar-refractivity contribution in [2.75, 3.05) is 0 Å². The molecule has 1 nitrogen and oxygen atoms in total. The Kier molecular flexibility index (Phi) is 1.85. The average Bonchev–Trinajstić information content (AvgIpc) is 2.37. The predicted molar refractivity (Wildman–Crippen MR) is 38.0 cm³/mol. The Labute approximate surface area is 55.0 Å². The van der Waals surface area contributed by atoms with Crippen LogP contribution < -0.4 is 0 Å². The highest BCUT2D eigenvalue weighted by Crippen LogP contribution is 2.14. The Bertz CT molecular complexity index is 165.